The molecule has 0 aliphatic rings. The highest BCUT2D eigenvalue weighted by atomic mass is 16.3. The molecule has 2 heteroatoms. The number of hydrogen-bond donors (Lipinski definition) is 2. The Morgan fingerprint density at radius 1 is 1.64 bits per heavy atom. The topological polar surface area (TPSA) is 40.5 Å². The quantitative estimate of drug-likeness (QED) is 0.593. The average molecular weight is 158 g/mol. The van der Waals surface area contributed by atoms with Crippen molar-refractivity contribution in [3.63, 3.8) is 0 Å². The van der Waals surface area contributed by atoms with E-state index in [0.717, 1.165) is 6.42 Å². The SMILES string of the molecule is C=CCCC(C)(O)C(C)CO. The van der Waals surface area contributed by atoms with Gasteiger partial charge in [-0.3, -0.25) is 0 Å². The van der Waals surface area contributed by atoms with Gasteiger partial charge in [-0.1, -0.05) is 13.0 Å². The zero-order valence-electron chi connectivity index (χ0n) is 7.38. The summed E-state index contributed by atoms with van der Waals surface area (Å²) in [5.41, 5.74) is -0.761. The van der Waals surface area contributed by atoms with Crippen LogP contribution in [0, 0.1) is 5.92 Å². The van der Waals surface area contributed by atoms with E-state index in [9.17, 15) is 5.11 Å². The fraction of sp³-hybridized carbons (Fsp3) is 0.778. The molecule has 0 aromatic rings. The number of aliphatic hydroxyl groups excluding tert-OH is 1. The lowest BCUT2D eigenvalue weighted by molar-refractivity contribution is -0.0221. The standard InChI is InChI=1S/C9H18O2/c1-4-5-6-9(3,11)8(2)7-10/h4,8,10-11H,1,5-7H2,2-3H3. The summed E-state index contributed by atoms with van der Waals surface area (Å²) in [5, 5.41) is 18.5. The zero-order chi connectivity index (χ0) is 8.91. The van der Waals surface area contributed by atoms with Crippen LogP contribution >= 0.6 is 0 Å². The molecule has 0 bridgehead atoms. The molecule has 11 heavy (non-hydrogen) atoms. The summed E-state index contributed by atoms with van der Waals surface area (Å²) in [6.07, 6.45) is 3.23. The Bertz CT molecular complexity index is 119. The van der Waals surface area contributed by atoms with E-state index in [4.69, 9.17) is 5.11 Å². The lowest BCUT2D eigenvalue weighted by Gasteiger charge is -2.28. The molecule has 0 aromatic carbocycles. The van der Waals surface area contributed by atoms with Crippen LogP contribution in [0.5, 0.6) is 0 Å². The summed E-state index contributed by atoms with van der Waals surface area (Å²) in [4.78, 5) is 0. The highest BCUT2D eigenvalue weighted by Crippen LogP contribution is 2.21. The molecule has 66 valence electrons. The maximum absolute atomic E-state index is 9.71. The predicted molar refractivity (Wildman–Crippen MR) is 46.3 cm³/mol. The van der Waals surface area contributed by atoms with Crippen molar-refractivity contribution >= 4 is 0 Å². The minimum Gasteiger partial charge on any atom is -0.396 e. The van der Waals surface area contributed by atoms with E-state index in [1.807, 2.05) is 6.92 Å². The van der Waals surface area contributed by atoms with Gasteiger partial charge in [0.1, 0.15) is 0 Å². The van der Waals surface area contributed by atoms with Gasteiger partial charge in [0.2, 0.25) is 0 Å². The third kappa shape index (κ3) is 3.54. The van der Waals surface area contributed by atoms with Gasteiger partial charge in [-0.05, 0) is 19.8 Å². The lowest BCUT2D eigenvalue weighted by Crippen LogP contribution is -2.34. The maximum atomic E-state index is 9.71. The van der Waals surface area contributed by atoms with Crippen molar-refractivity contribution in [2.75, 3.05) is 6.61 Å². The van der Waals surface area contributed by atoms with E-state index in [2.05, 4.69) is 6.58 Å². The number of allylic oxidation sites excluding steroid dienone is 1. The first kappa shape index (κ1) is 10.7. The first-order valence-corrected chi connectivity index (χ1v) is 3.98. The van der Waals surface area contributed by atoms with Crippen LogP contribution in [0.15, 0.2) is 12.7 Å². The van der Waals surface area contributed by atoms with Gasteiger partial charge in [0.15, 0.2) is 0 Å². The minimum absolute atomic E-state index is 0.0319. The summed E-state index contributed by atoms with van der Waals surface area (Å²) in [6, 6.07) is 0. The van der Waals surface area contributed by atoms with Crippen molar-refractivity contribution < 1.29 is 10.2 Å². The molecule has 2 unspecified atom stereocenters. The zero-order valence-corrected chi connectivity index (χ0v) is 7.38. The van der Waals surface area contributed by atoms with Crippen molar-refractivity contribution in [2.45, 2.75) is 32.3 Å². The van der Waals surface area contributed by atoms with Crippen LogP contribution in [0.4, 0.5) is 0 Å². The van der Waals surface area contributed by atoms with E-state index in [-0.39, 0.29) is 12.5 Å². The van der Waals surface area contributed by atoms with Crippen molar-refractivity contribution in [2.24, 2.45) is 5.92 Å². The highest BCUT2D eigenvalue weighted by Gasteiger charge is 2.26. The molecule has 0 rings (SSSR count). The molecule has 0 aromatic heterocycles. The lowest BCUT2D eigenvalue weighted by atomic mass is 9.87. The molecule has 0 saturated carbocycles. The van der Waals surface area contributed by atoms with E-state index in [0.29, 0.717) is 6.42 Å². The summed E-state index contributed by atoms with van der Waals surface area (Å²) in [7, 11) is 0. The summed E-state index contributed by atoms with van der Waals surface area (Å²) in [5.74, 6) is -0.0672. The normalized spacial score (nSPS) is 18.9. The molecule has 0 spiro atoms. The second-order valence-electron chi connectivity index (χ2n) is 3.27. The van der Waals surface area contributed by atoms with Crippen LogP contribution in [0.25, 0.3) is 0 Å². The Morgan fingerprint density at radius 2 is 2.18 bits per heavy atom. The van der Waals surface area contributed by atoms with Gasteiger partial charge in [0, 0.05) is 12.5 Å². The molecule has 0 amide bonds. The van der Waals surface area contributed by atoms with E-state index >= 15 is 0 Å². The number of aliphatic hydroxyl groups is 2. The Balaban J connectivity index is 3.86. The van der Waals surface area contributed by atoms with Gasteiger partial charge >= 0.3 is 0 Å². The second-order valence-corrected chi connectivity index (χ2v) is 3.27. The second kappa shape index (κ2) is 4.52. The van der Waals surface area contributed by atoms with Gasteiger partial charge < -0.3 is 10.2 Å². The summed E-state index contributed by atoms with van der Waals surface area (Å²) in [6.45, 7) is 7.19. The highest BCUT2D eigenvalue weighted by molar-refractivity contribution is 4.82. The molecular formula is C9H18O2. The van der Waals surface area contributed by atoms with Crippen molar-refractivity contribution in [3.8, 4) is 0 Å². The Morgan fingerprint density at radius 3 is 2.55 bits per heavy atom. The van der Waals surface area contributed by atoms with Crippen LogP contribution < -0.4 is 0 Å². The third-order valence-electron chi connectivity index (χ3n) is 2.19. The fourth-order valence-electron chi connectivity index (χ4n) is 0.837. The maximum Gasteiger partial charge on any atom is 0.0670 e. The summed E-state index contributed by atoms with van der Waals surface area (Å²) < 4.78 is 0. The monoisotopic (exact) mass is 158 g/mol. The first-order valence-electron chi connectivity index (χ1n) is 3.98. The summed E-state index contributed by atoms with van der Waals surface area (Å²) >= 11 is 0. The Hall–Kier alpha value is -0.340. The molecule has 0 aliphatic heterocycles. The average Bonchev–Trinajstić information content (AvgIpc) is 1.99. The molecule has 0 fully saturated rings. The Kier molecular flexibility index (Phi) is 4.38. The van der Waals surface area contributed by atoms with Crippen LogP contribution in [0.3, 0.4) is 0 Å². The Labute approximate surface area is 68.6 Å². The fourth-order valence-corrected chi connectivity index (χ4v) is 0.837. The third-order valence-corrected chi connectivity index (χ3v) is 2.19. The van der Waals surface area contributed by atoms with Gasteiger partial charge in [0.05, 0.1) is 5.60 Å². The van der Waals surface area contributed by atoms with Crippen LogP contribution in [-0.4, -0.2) is 22.4 Å². The molecule has 2 N–H and O–H groups in total. The molecule has 0 heterocycles. The molecule has 0 aliphatic carbocycles. The van der Waals surface area contributed by atoms with Crippen molar-refractivity contribution in [1.29, 1.82) is 0 Å². The smallest absolute Gasteiger partial charge is 0.0670 e. The van der Waals surface area contributed by atoms with Crippen LogP contribution in [-0.2, 0) is 0 Å². The number of hydrogen-bond acceptors (Lipinski definition) is 2. The van der Waals surface area contributed by atoms with Gasteiger partial charge in [-0.2, -0.15) is 0 Å². The molecule has 0 radical (unpaired) electrons. The van der Waals surface area contributed by atoms with E-state index in [1.165, 1.54) is 0 Å². The molecule has 2 nitrogen and oxygen atoms in total. The minimum atomic E-state index is -0.761. The van der Waals surface area contributed by atoms with Gasteiger partial charge in [0.25, 0.3) is 0 Å². The van der Waals surface area contributed by atoms with Gasteiger partial charge in [-0.25, -0.2) is 0 Å². The van der Waals surface area contributed by atoms with E-state index in [1.54, 1.807) is 13.0 Å². The van der Waals surface area contributed by atoms with E-state index < -0.39 is 5.60 Å². The molecule has 2 atom stereocenters. The predicted octanol–water partition coefficient (Wildman–Crippen LogP) is 1.33. The van der Waals surface area contributed by atoms with Crippen molar-refractivity contribution in [1.82, 2.24) is 0 Å². The first-order chi connectivity index (χ1) is 5.04. The van der Waals surface area contributed by atoms with Crippen molar-refractivity contribution in [3.05, 3.63) is 12.7 Å². The largest absolute Gasteiger partial charge is 0.396 e. The molecule has 0 saturated heterocycles. The van der Waals surface area contributed by atoms with Crippen LogP contribution in [0.1, 0.15) is 26.7 Å². The number of rotatable bonds is 5. The molecular weight excluding hydrogens is 140 g/mol. The van der Waals surface area contributed by atoms with Crippen LogP contribution in [0.2, 0.25) is 0 Å². The van der Waals surface area contributed by atoms with Gasteiger partial charge in [-0.15, -0.1) is 6.58 Å².